The summed E-state index contributed by atoms with van der Waals surface area (Å²) < 4.78 is 5.13. The summed E-state index contributed by atoms with van der Waals surface area (Å²) >= 11 is 5.38. The van der Waals surface area contributed by atoms with Gasteiger partial charge in [-0.15, -0.1) is 0 Å². The van der Waals surface area contributed by atoms with E-state index in [1.54, 1.807) is 7.11 Å². The maximum Gasteiger partial charge on any atom is 0.171 e. The Morgan fingerprint density at radius 3 is 2.53 bits per heavy atom. The van der Waals surface area contributed by atoms with Crippen LogP contribution < -0.4 is 15.4 Å². The van der Waals surface area contributed by atoms with Gasteiger partial charge in [0.2, 0.25) is 0 Å². The minimum Gasteiger partial charge on any atom is -0.497 e. The Morgan fingerprint density at radius 1 is 1.21 bits per heavy atom. The lowest BCUT2D eigenvalue weighted by Gasteiger charge is -2.30. The topological polar surface area (TPSA) is 33.3 Å². The van der Waals surface area contributed by atoms with E-state index in [1.807, 2.05) is 24.3 Å². The Hall–Kier alpha value is -1.29. The zero-order valence-corrected chi connectivity index (χ0v) is 12.4. The average Bonchev–Trinajstić information content (AvgIpc) is 2.42. The minimum absolute atomic E-state index is 0.506. The molecule has 0 aliphatic heterocycles. The summed E-state index contributed by atoms with van der Waals surface area (Å²) in [5.41, 5.74) is 0.988. The van der Waals surface area contributed by atoms with Crippen molar-refractivity contribution in [2.24, 2.45) is 5.92 Å². The van der Waals surface area contributed by atoms with Gasteiger partial charge < -0.3 is 15.4 Å². The first-order chi connectivity index (χ1) is 9.19. The molecule has 2 unspecified atom stereocenters. The van der Waals surface area contributed by atoms with Crippen LogP contribution in [0, 0.1) is 5.92 Å². The summed E-state index contributed by atoms with van der Waals surface area (Å²) in [7, 11) is 1.67. The van der Waals surface area contributed by atoms with E-state index < -0.39 is 0 Å². The highest BCUT2D eigenvalue weighted by molar-refractivity contribution is 7.80. The van der Waals surface area contributed by atoms with Crippen molar-refractivity contribution in [3.8, 4) is 5.75 Å². The van der Waals surface area contributed by atoms with Crippen molar-refractivity contribution >= 4 is 23.0 Å². The Bertz CT molecular complexity index is 419. The van der Waals surface area contributed by atoms with Crippen molar-refractivity contribution in [1.82, 2.24) is 5.32 Å². The van der Waals surface area contributed by atoms with E-state index in [-0.39, 0.29) is 0 Å². The van der Waals surface area contributed by atoms with E-state index in [9.17, 15) is 0 Å². The van der Waals surface area contributed by atoms with Crippen molar-refractivity contribution in [3.05, 3.63) is 24.3 Å². The highest BCUT2D eigenvalue weighted by atomic mass is 32.1. The molecule has 0 saturated heterocycles. The van der Waals surface area contributed by atoms with Crippen LogP contribution in [-0.4, -0.2) is 18.3 Å². The molecule has 0 aromatic heterocycles. The standard InChI is InChI=1S/C15H22N2OS/c1-11-5-3-4-6-14(11)17-15(19)16-12-7-9-13(18-2)10-8-12/h7-11,14H,3-6H2,1-2H3,(H2,16,17,19). The smallest absolute Gasteiger partial charge is 0.171 e. The van der Waals surface area contributed by atoms with Gasteiger partial charge in [0.25, 0.3) is 0 Å². The predicted molar refractivity (Wildman–Crippen MR) is 83.8 cm³/mol. The van der Waals surface area contributed by atoms with Crippen LogP contribution in [-0.2, 0) is 0 Å². The molecule has 0 amide bonds. The van der Waals surface area contributed by atoms with Crippen LogP contribution in [0.2, 0.25) is 0 Å². The monoisotopic (exact) mass is 278 g/mol. The number of benzene rings is 1. The van der Waals surface area contributed by atoms with E-state index in [1.165, 1.54) is 25.7 Å². The molecule has 3 nitrogen and oxygen atoms in total. The molecule has 0 bridgehead atoms. The number of methoxy groups -OCH3 is 1. The van der Waals surface area contributed by atoms with Crippen LogP contribution in [0.5, 0.6) is 5.75 Å². The zero-order chi connectivity index (χ0) is 13.7. The van der Waals surface area contributed by atoms with E-state index in [0.717, 1.165) is 11.4 Å². The van der Waals surface area contributed by atoms with Crippen molar-refractivity contribution in [3.63, 3.8) is 0 Å². The Balaban J connectivity index is 1.86. The van der Waals surface area contributed by atoms with Crippen molar-refractivity contribution in [1.29, 1.82) is 0 Å². The van der Waals surface area contributed by atoms with Gasteiger partial charge in [0.05, 0.1) is 7.11 Å². The molecule has 2 N–H and O–H groups in total. The van der Waals surface area contributed by atoms with Crippen LogP contribution in [0.3, 0.4) is 0 Å². The summed E-state index contributed by atoms with van der Waals surface area (Å²) in [4.78, 5) is 0. The average molecular weight is 278 g/mol. The maximum atomic E-state index is 5.38. The second-order valence-electron chi connectivity index (χ2n) is 5.20. The molecule has 104 valence electrons. The largest absolute Gasteiger partial charge is 0.497 e. The summed E-state index contributed by atoms with van der Waals surface area (Å²) in [6, 6.07) is 8.29. The first-order valence-corrected chi connectivity index (χ1v) is 7.31. The van der Waals surface area contributed by atoms with Crippen molar-refractivity contribution < 1.29 is 4.74 Å². The predicted octanol–water partition coefficient (Wildman–Crippen LogP) is 3.56. The molecule has 19 heavy (non-hydrogen) atoms. The maximum absolute atomic E-state index is 5.38. The number of thiocarbonyl (C=S) groups is 1. The number of anilines is 1. The Morgan fingerprint density at radius 2 is 1.89 bits per heavy atom. The molecule has 0 radical (unpaired) electrons. The van der Waals surface area contributed by atoms with Gasteiger partial charge in [-0.05, 0) is 55.2 Å². The summed E-state index contributed by atoms with van der Waals surface area (Å²) in [5.74, 6) is 1.55. The quantitative estimate of drug-likeness (QED) is 0.828. The normalized spacial score (nSPS) is 22.6. The SMILES string of the molecule is COc1ccc(NC(=S)NC2CCCCC2C)cc1. The van der Waals surface area contributed by atoms with Gasteiger partial charge in [0.1, 0.15) is 5.75 Å². The number of rotatable bonds is 3. The fourth-order valence-electron chi connectivity index (χ4n) is 2.54. The minimum atomic E-state index is 0.506. The van der Waals surface area contributed by atoms with Crippen molar-refractivity contribution in [2.45, 2.75) is 38.6 Å². The van der Waals surface area contributed by atoms with Crippen LogP contribution in [0.25, 0.3) is 0 Å². The number of nitrogens with one attached hydrogen (secondary N) is 2. The zero-order valence-electron chi connectivity index (χ0n) is 11.6. The molecule has 1 aromatic rings. The molecular formula is C15H22N2OS. The molecule has 0 spiro atoms. The lowest BCUT2D eigenvalue weighted by atomic mass is 9.86. The number of hydrogen-bond acceptors (Lipinski definition) is 2. The lowest BCUT2D eigenvalue weighted by Crippen LogP contribution is -2.43. The van der Waals surface area contributed by atoms with Crippen LogP contribution in [0.15, 0.2) is 24.3 Å². The third-order valence-electron chi connectivity index (χ3n) is 3.78. The Labute approximate surface area is 120 Å². The van der Waals surface area contributed by atoms with Gasteiger partial charge in [-0.2, -0.15) is 0 Å². The van der Waals surface area contributed by atoms with Crippen molar-refractivity contribution in [2.75, 3.05) is 12.4 Å². The van der Waals surface area contributed by atoms with Gasteiger partial charge in [-0.1, -0.05) is 19.8 Å². The van der Waals surface area contributed by atoms with E-state index in [0.29, 0.717) is 17.1 Å². The molecule has 1 aromatic carbocycles. The van der Waals surface area contributed by atoms with E-state index in [4.69, 9.17) is 17.0 Å². The fraction of sp³-hybridized carbons (Fsp3) is 0.533. The summed E-state index contributed by atoms with van der Waals surface area (Å²) in [6.07, 6.45) is 5.15. The van der Waals surface area contributed by atoms with E-state index in [2.05, 4.69) is 17.6 Å². The molecule has 0 heterocycles. The first kappa shape index (κ1) is 14.1. The number of hydrogen-bond donors (Lipinski definition) is 2. The molecule has 1 saturated carbocycles. The highest BCUT2D eigenvalue weighted by Crippen LogP contribution is 2.23. The van der Waals surface area contributed by atoms with Gasteiger partial charge in [0.15, 0.2) is 5.11 Å². The molecule has 2 rings (SSSR count). The first-order valence-electron chi connectivity index (χ1n) is 6.90. The second-order valence-corrected chi connectivity index (χ2v) is 5.60. The Kier molecular flexibility index (Phi) is 5.02. The van der Waals surface area contributed by atoms with E-state index >= 15 is 0 Å². The van der Waals surface area contributed by atoms with Gasteiger partial charge in [-0.3, -0.25) is 0 Å². The van der Waals surface area contributed by atoms with Crippen LogP contribution >= 0.6 is 12.2 Å². The molecule has 4 heteroatoms. The lowest BCUT2D eigenvalue weighted by molar-refractivity contribution is 0.309. The third kappa shape index (κ3) is 4.10. The molecule has 2 atom stereocenters. The molecular weight excluding hydrogens is 256 g/mol. The van der Waals surface area contributed by atoms with Gasteiger partial charge in [0, 0.05) is 11.7 Å². The fourth-order valence-corrected chi connectivity index (χ4v) is 2.81. The highest BCUT2D eigenvalue weighted by Gasteiger charge is 2.21. The second kappa shape index (κ2) is 6.75. The number of ether oxygens (including phenoxy) is 1. The van der Waals surface area contributed by atoms with Crippen LogP contribution in [0.4, 0.5) is 5.69 Å². The van der Waals surface area contributed by atoms with Crippen LogP contribution in [0.1, 0.15) is 32.6 Å². The molecule has 1 aliphatic carbocycles. The summed E-state index contributed by atoms with van der Waals surface area (Å²) in [5, 5.41) is 7.37. The summed E-state index contributed by atoms with van der Waals surface area (Å²) in [6.45, 7) is 2.30. The molecule has 1 fully saturated rings. The third-order valence-corrected chi connectivity index (χ3v) is 4.00. The van der Waals surface area contributed by atoms with Gasteiger partial charge >= 0.3 is 0 Å². The molecule has 1 aliphatic rings. The van der Waals surface area contributed by atoms with Gasteiger partial charge in [-0.25, -0.2) is 0 Å².